The maximum Gasteiger partial charge on any atom is 0.275 e. The molecule has 2 N–H and O–H groups in total. The van der Waals surface area contributed by atoms with Crippen molar-refractivity contribution in [2.75, 3.05) is 20.8 Å². The zero-order valence-electron chi connectivity index (χ0n) is 14.5. The third-order valence-corrected chi connectivity index (χ3v) is 3.85. The van der Waals surface area contributed by atoms with E-state index in [1.54, 1.807) is 24.3 Å². The predicted octanol–water partition coefficient (Wildman–Crippen LogP) is 2.47. The molecule has 8 nitrogen and oxygen atoms in total. The topological polar surface area (TPSA) is 111 Å². The van der Waals surface area contributed by atoms with Crippen molar-refractivity contribution >= 4 is 11.6 Å². The van der Waals surface area contributed by atoms with E-state index in [-0.39, 0.29) is 30.1 Å². The first-order valence-electron chi connectivity index (χ1n) is 7.89. The van der Waals surface area contributed by atoms with Gasteiger partial charge in [0, 0.05) is 12.6 Å². The van der Waals surface area contributed by atoms with E-state index >= 15 is 0 Å². The maximum absolute atomic E-state index is 12.2. The summed E-state index contributed by atoms with van der Waals surface area (Å²) in [7, 11) is 2.91. The predicted molar refractivity (Wildman–Crippen MR) is 94.6 cm³/mol. The molecule has 2 aromatic rings. The molecule has 26 heavy (non-hydrogen) atoms. The Bertz CT molecular complexity index is 793. The van der Waals surface area contributed by atoms with Gasteiger partial charge in [-0.1, -0.05) is 12.1 Å². The van der Waals surface area contributed by atoms with Crippen LogP contribution in [0.25, 0.3) is 0 Å². The van der Waals surface area contributed by atoms with E-state index in [2.05, 4.69) is 5.32 Å². The van der Waals surface area contributed by atoms with E-state index in [4.69, 9.17) is 9.47 Å². The molecule has 1 unspecified atom stereocenters. The van der Waals surface area contributed by atoms with Gasteiger partial charge in [0.1, 0.15) is 11.5 Å². The maximum atomic E-state index is 12.2. The van der Waals surface area contributed by atoms with E-state index in [0.29, 0.717) is 17.1 Å². The summed E-state index contributed by atoms with van der Waals surface area (Å²) in [6.07, 6.45) is -1.02. The number of nitro benzene ring substituents is 1. The number of aliphatic hydroxyl groups is 1. The van der Waals surface area contributed by atoms with E-state index in [1.165, 1.54) is 32.4 Å². The van der Waals surface area contributed by atoms with Crippen LogP contribution in [0.3, 0.4) is 0 Å². The smallest absolute Gasteiger partial charge is 0.275 e. The number of ether oxygens (including phenoxy) is 2. The molecule has 0 fully saturated rings. The van der Waals surface area contributed by atoms with Crippen molar-refractivity contribution < 1.29 is 24.3 Å². The summed E-state index contributed by atoms with van der Waals surface area (Å²) in [5.41, 5.74) is 0.312. The molecule has 8 heteroatoms. The average molecular weight is 360 g/mol. The van der Waals surface area contributed by atoms with E-state index in [9.17, 15) is 20.0 Å². The molecule has 2 aromatic carbocycles. The normalized spacial score (nSPS) is 11.5. The summed E-state index contributed by atoms with van der Waals surface area (Å²) in [5.74, 6) is 0.492. The second-order valence-electron chi connectivity index (χ2n) is 5.44. The summed E-state index contributed by atoms with van der Waals surface area (Å²) in [6, 6.07) is 10.9. The first kappa shape index (κ1) is 19.2. The number of rotatable bonds is 8. The molecule has 0 aliphatic rings. The zero-order chi connectivity index (χ0) is 19.1. The van der Waals surface area contributed by atoms with Crippen LogP contribution in [0.4, 0.5) is 5.69 Å². The molecule has 0 aliphatic carbocycles. The standard InChI is InChI=1S/C18H20N2O6/c1-25-12-7-8-15(20(23)24)14(11-12)16(21)9-10-19-18(22)13-5-3-4-6-17(13)26-2/h3-8,11,16,21H,9-10H2,1-2H3,(H,19,22). The third kappa shape index (κ3) is 4.48. The zero-order valence-corrected chi connectivity index (χ0v) is 14.5. The van der Waals surface area contributed by atoms with Gasteiger partial charge in [-0.05, 0) is 30.7 Å². The number of nitrogens with one attached hydrogen (secondary N) is 1. The minimum absolute atomic E-state index is 0.106. The number of amides is 1. The molecule has 1 amide bonds. The van der Waals surface area contributed by atoms with E-state index < -0.39 is 11.0 Å². The van der Waals surface area contributed by atoms with Crippen LogP contribution in [0.5, 0.6) is 11.5 Å². The SMILES string of the molecule is COc1ccc([N+](=O)[O-])c(C(O)CCNC(=O)c2ccccc2OC)c1. The minimum atomic E-state index is -1.12. The third-order valence-electron chi connectivity index (χ3n) is 3.85. The van der Waals surface area contributed by atoms with Crippen LogP contribution in [-0.4, -0.2) is 36.7 Å². The van der Waals surface area contributed by atoms with Crippen molar-refractivity contribution in [1.29, 1.82) is 0 Å². The van der Waals surface area contributed by atoms with Gasteiger partial charge in [-0.3, -0.25) is 14.9 Å². The second-order valence-corrected chi connectivity index (χ2v) is 5.44. The molecule has 0 heterocycles. The van der Waals surface area contributed by atoms with Gasteiger partial charge in [-0.15, -0.1) is 0 Å². The first-order valence-corrected chi connectivity index (χ1v) is 7.89. The molecule has 0 aromatic heterocycles. The highest BCUT2D eigenvalue weighted by molar-refractivity contribution is 5.96. The van der Waals surface area contributed by atoms with Crippen LogP contribution in [0, 0.1) is 10.1 Å². The lowest BCUT2D eigenvalue weighted by Gasteiger charge is -2.14. The second kappa shape index (κ2) is 8.82. The van der Waals surface area contributed by atoms with Gasteiger partial charge in [0.2, 0.25) is 0 Å². The fourth-order valence-electron chi connectivity index (χ4n) is 2.50. The summed E-state index contributed by atoms with van der Waals surface area (Å²) in [5, 5.41) is 24.1. The molecule has 0 spiro atoms. The summed E-state index contributed by atoms with van der Waals surface area (Å²) in [6.45, 7) is 0.131. The van der Waals surface area contributed by atoms with Gasteiger partial charge in [-0.2, -0.15) is 0 Å². The van der Waals surface area contributed by atoms with Gasteiger partial charge < -0.3 is 19.9 Å². The number of carbonyl (C=O) groups is 1. The number of para-hydroxylation sites is 1. The summed E-state index contributed by atoms with van der Waals surface area (Å²) >= 11 is 0. The van der Waals surface area contributed by atoms with Crippen molar-refractivity contribution in [3.05, 3.63) is 63.7 Å². The highest BCUT2D eigenvalue weighted by atomic mass is 16.6. The quantitative estimate of drug-likeness (QED) is 0.553. The highest BCUT2D eigenvalue weighted by Gasteiger charge is 2.21. The van der Waals surface area contributed by atoms with Crippen LogP contribution in [0.2, 0.25) is 0 Å². The van der Waals surface area contributed by atoms with Crippen LogP contribution in [0.1, 0.15) is 28.4 Å². The highest BCUT2D eigenvalue weighted by Crippen LogP contribution is 2.30. The number of methoxy groups -OCH3 is 2. The minimum Gasteiger partial charge on any atom is -0.497 e. The number of hydrogen-bond acceptors (Lipinski definition) is 6. The molecular weight excluding hydrogens is 340 g/mol. The number of benzene rings is 2. The summed E-state index contributed by atoms with van der Waals surface area (Å²) < 4.78 is 10.2. The number of hydrogen-bond donors (Lipinski definition) is 2. The average Bonchev–Trinajstić information content (AvgIpc) is 2.66. The molecular formula is C18H20N2O6. The van der Waals surface area contributed by atoms with Crippen molar-refractivity contribution in [2.45, 2.75) is 12.5 Å². The molecule has 0 radical (unpaired) electrons. The number of nitrogens with zero attached hydrogens (tertiary/aromatic N) is 1. The van der Waals surface area contributed by atoms with Crippen LogP contribution >= 0.6 is 0 Å². The first-order chi connectivity index (χ1) is 12.5. The van der Waals surface area contributed by atoms with Gasteiger partial charge in [0.25, 0.3) is 11.6 Å². The lowest BCUT2D eigenvalue weighted by molar-refractivity contribution is -0.386. The monoisotopic (exact) mass is 360 g/mol. The van der Waals surface area contributed by atoms with Crippen molar-refractivity contribution in [3.8, 4) is 11.5 Å². The van der Waals surface area contributed by atoms with E-state index in [1.807, 2.05) is 0 Å². The Balaban J connectivity index is 2.04. The fraction of sp³-hybridized carbons (Fsp3) is 0.278. The number of carbonyl (C=O) groups excluding carboxylic acids is 1. The molecule has 0 saturated carbocycles. The largest absolute Gasteiger partial charge is 0.497 e. The number of aliphatic hydroxyl groups excluding tert-OH is 1. The Morgan fingerprint density at radius 1 is 1.23 bits per heavy atom. The molecule has 0 bridgehead atoms. The Labute approximate surface area is 150 Å². The van der Waals surface area contributed by atoms with Crippen molar-refractivity contribution in [2.24, 2.45) is 0 Å². The van der Waals surface area contributed by atoms with Crippen LogP contribution in [0.15, 0.2) is 42.5 Å². The van der Waals surface area contributed by atoms with Crippen LogP contribution < -0.4 is 14.8 Å². The van der Waals surface area contributed by atoms with Crippen molar-refractivity contribution in [3.63, 3.8) is 0 Å². The Hall–Kier alpha value is -3.13. The van der Waals surface area contributed by atoms with Gasteiger partial charge in [0.15, 0.2) is 0 Å². The Morgan fingerprint density at radius 2 is 1.96 bits per heavy atom. The van der Waals surface area contributed by atoms with E-state index in [0.717, 1.165) is 0 Å². The summed E-state index contributed by atoms with van der Waals surface area (Å²) in [4.78, 5) is 22.8. The lowest BCUT2D eigenvalue weighted by atomic mass is 10.0. The fourth-order valence-corrected chi connectivity index (χ4v) is 2.50. The number of nitro groups is 1. The Morgan fingerprint density at radius 3 is 2.62 bits per heavy atom. The van der Waals surface area contributed by atoms with Gasteiger partial charge in [-0.25, -0.2) is 0 Å². The molecule has 2 rings (SSSR count). The Kier molecular flexibility index (Phi) is 6.51. The molecule has 138 valence electrons. The van der Waals surface area contributed by atoms with Crippen LogP contribution in [-0.2, 0) is 0 Å². The molecule has 1 atom stereocenters. The van der Waals surface area contributed by atoms with Gasteiger partial charge in [0.05, 0.1) is 36.4 Å². The lowest BCUT2D eigenvalue weighted by Crippen LogP contribution is -2.26. The molecule has 0 aliphatic heterocycles. The van der Waals surface area contributed by atoms with Gasteiger partial charge >= 0.3 is 0 Å². The van der Waals surface area contributed by atoms with Crippen molar-refractivity contribution in [1.82, 2.24) is 5.32 Å². The molecule has 0 saturated heterocycles.